The highest BCUT2D eigenvalue weighted by Crippen LogP contribution is 2.23. The van der Waals surface area contributed by atoms with Gasteiger partial charge in [0.15, 0.2) is 0 Å². The maximum absolute atomic E-state index is 12.7. The lowest BCUT2D eigenvalue weighted by atomic mass is 10.1. The van der Waals surface area contributed by atoms with Gasteiger partial charge >= 0.3 is 0 Å². The number of hydrogen-bond acceptors (Lipinski definition) is 2. The van der Waals surface area contributed by atoms with E-state index in [4.69, 9.17) is 5.26 Å². The van der Waals surface area contributed by atoms with Crippen LogP contribution in [0.1, 0.15) is 21.5 Å². The summed E-state index contributed by atoms with van der Waals surface area (Å²) in [5.41, 5.74) is 2.59. The molecule has 21 heavy (non-hydrogen) atoms. The Kier molecular flexibility index (Phi) is 5.13. The van der Waals surface area contributed by atoms with Gasteiger partial charge in [0, 0.05) is 11.0 Å². The molecule has 2 aromatic carbocycles. The molecule has 0 bridgehead atoms. The van der Waals surface area contributed by atoms with Gasteiger partial charge in [0.2, 0.25) is 0 Å². The van der Waals surface area contributed by atoms with Crippen LogP contribution in [0.4, 0.5) is 0 Å². The minimum absolute atomic E-state index is 0.0636. The molecule has 3 nitrogen and oxygen atoms in total. The van der Waals surface area contributed by atoms with E-state index >= 15 is 0 Å². The highest BCUT2D eigenvalue weighted by molar-refractivity contribution is 9.10. The van der Waals surface area contributed by atoms with Crippen molar-refractivity contribution in [3.63, 3.8) is 0 Å². The Labute approximate surface area is 132 Å². The average Bonchev–Trinajstić information content (AvgIpc) is 2.50. The van der Waals surface area contributed by atoms with Crippen molar-refractivity contribution in [2.75, 3.05) is 6.54 Å². The van der Waals surface area contributed by atoms with Crippen molar-refractivity contribution in [3.05, 3.63) is 69.7 Å². The van der Waals surface area contributed by atoms with E-state index in [0.717, 1.165) is 15.6 Å². The molecule has 0 fully saturated rings. The number of amides is 1. The molecule has 106 valence electrons. The highest BCUT2D eigenvalue weighted by Gasteiger charge is 2.19. The van der Waals surface area contributed by atoms with Gasteiger partial charge in [0.1, 0.15) is 6.54 Å². The van der Waals surface area contributed by atoms with Crippen molar-refractivity contribution in [2.24, 2.45) is 0 Å². The number of hydrogen-bond donors (Lipinski definition) is 0. The Balaban J connectivity index is 2.28. The molecule has 0 aliphatic rings. The van der Waals surface area contributed by atoms with Crippen molar-refractivity contribution in [1.29, 1.82) is 5.26 Å². The molecule has 2 aromatic rings. The summed E-state index contributed by atoms with van der Waals surface area (Å²) >= 11 is 3.46. The Morgan fingerprint density at radius 1 is 1.19 bits per heavy atom. The van der Waals surface area contributed by atoms with E-state index in [2.05, 4.69) is 22.0 Å². The first-order valence-electron chi connectivity index (χ1n) is 6.58. The van der Waals surface area contributed by atoms with Crippen molar-refractivity contribution in [2.45, 2.75) is 13.5 Å². The number of nitrogens with zero attached hydrogens (tertiary/aromatic N) is 2. The van der Waals surface area contributed by atoms with Gasteiger partial charge in [-0.15, -0.1) is 0 Å². The topological polar surface area (TPSA) is 44.1 Å². The lowest BCUT2D eigenvalue weighted by Crippen LogP contribution is -2.31. The first-order chi connectivity index (χ1) is 10.1. The third kappa shape index (κ3) is 3.71. The van der Waals surface area contributed by atoms with Crippen LogP contribution in [0, 0.1) is 18.3 Å². The van der Waals surface area contributed by atoms with Crippen molar-refractivity contribution in [1.82, 2.24) is 4.90 Å². The molecular weight excluding hydrogens is 328 g/mol. The van der Waals surface area contributed by atoms with Gasteiger partial charge in [-0.1, -0.05) is 42.5 Å². The van der Waals surface area contributed by atoms with E-state index in [1.165, 1.54) is 0 Å². The van der Waals surface area contributed by atoms with E-state index in [1.807, 2.05) is 49.4 Å². The van der Waals surface area contributed by atoms with Gasteiger partial charge in [-0.3, -0.25) is 4.79 Å². The summed E-state index contributed by atoms with van der Waals surface area (Å²) in [6, 6.07) is 17.3. The molecule has 1 amide bonds. The van der Waals surface area contributed by atoms with E-state index in [0.29, 0.717) is 12.1 Å². The Morgan fingerprint density at radius 3 is 2.57 bits per heavy atom. The van der Waals surface area contributed by atoms with Crippen LogP contribution in [0.5, 0.6) is 0 Å². The van der Waals surface area contributed by atoms with Gasteiger partial charge in [0.05, 0.1) is 11.6 Å². The molecule has 0 unspecified atom stereocenters. The predicted octanol–water partition coefficient (Wildman–Crippen LogP) is 3.92. The van der Waals surface area contributed by atoms with Crippen LogP contribution >= 0.6 is 15.9 Å². The number of nitriles is 1. The van der Waals surface area contributed by atoms with Crippen LogP contribution in [0.2, 0.25) is 0 Å². The molecule has 0 radical (unpaired) electrons. The summed E-state index contributed by atoms with van der Waals surface area (Å²) in [6.07, 6.45) is 0. The molecule has 0 aromatic heterocycles. The first kappa shape index (κ1) is 15.3. The molecule has 4 heteroatoms. The molecule has 0 atom stereocenters. The van der Waals surface area contributed by atoms with Gasteiger partial charge < -0.3 is 4.90 Å². The van der Waals surface area contributed by atoms with E-state index in [9.17, 15) is 4.79 Å². The highest BCUT2D eigenvalue weighted by atomic mass is 79.9. The smallest absolute Gasteiger partial charge is 0.256 e. The van der Waals surface area contributed by atoms with Gasteiger partial charge in [-0.25, -0.2) is 0 Å². The maximum atomic E-state index is 12.7. The zero-order valence-electron chi connectivity index (χ0n) is 11.7. The SMILES string of the molecule is Cc1cccc(C(=O)N(CC#N)Cc2ccccc2)c1Br. The minimum atomic E-state index is -0.143. The second-order valence-electron chi connectivity index (χ2n) is 4.74. The van der Waals surface area contributed by atoms with Crippen LogP contribution < -0.4 is 0 Å². The van der Waals surface area contributed by atoms with Crippen LogP contribution in [-0.2, 0) is 6.54 Å². The van der Waals surface area contributed by atoms with Crippen LogP contribution in [0.3, 0.4) is 0 Å². The second-order valence-corrected chi connectivity index (χ2v) is 5.53. The van der Waals surface area contributed by atoms with Gasteiger partial charge in [0.25, 0.3) is 5.91 Å². The molecule has 0 spiro atoms. The molecule has 0 heterocycles. The number of carbonyl (C=O) groups excluding carboxylic acids is 1. The van der Waals surface area contributed by atoms with Gasteiger partial charge in [-0.2, -0.15) is 5.26 Å². The summed E-state index contributed by atoms with van der Waals surface area (Å²) in [5, 5.41) is 8.98. The van der Waals surface area contributed by atoms with E-state index in [1.54, 1.807) is 11.0 Å². The van der Waals surface area contributed by atoms with Gasteiger partial charge in [-0.05, 0) is 40.0 Å². The van der Waals surface area contributed by atoms with Crippen molar-refractivity contribution >= 4 is 21.8 Å². The lowest BCUT2D eigenvalue weighted by molar-refractivity contribution is 0.0764. The summed E-state index contributed by atoms with van der Waals surface area (Å²) in [4.78, 5) is 14.2. The summed E-state index contributed by atoms with van der Waals surface area (Å²) < 4.78 is 0.783. The number of benzene rings is 2. The Hall–Kier alpha value is -2.12. The summed E-state index contributed by atoms with van der Waals surface area (Å²) in [5.74, 6) is -0.143. The standard InChI is InChI=1S/C17H15BrN2O/c1-13-6-5-9-15(16(13)18)17(21)20(11-10-19)12-14-7-3-2-4-8-14/h2-9H,11-12H2,1H3. The van der Waals surface area contributed by atoms with Crippen molar-refractivity contribution in [3.8, 4) is 6.07 Å². The normalized spacial score (nSPS) is 9.95. The average molecular weight is 343 g/mol. The van der Waals surface area contributed by atoms with E-state index < -0.39 is 0 Å². The third-order valence-electron chi connectivity index (χ3n) is 3.19. The Bertz CT molecular complexity index is 677. The number of aryl methyl sites for hydroxylation is 1. The second kappa shape index (κ2) is 7.05. The molecule has 0 aliphatic carbocycles. The largest absolute Gasteiger partial charge is 0.321 e. The third-order valence-corrected chi connectivity index (χ3v) is 4.24. The number of rotatable bonds is 4. The molecule has 0 N–H and O–H groups in total. The lowest BCUT2D eigenvalue weighted by Gasteiger charge is -2.21. The monoisotopic (exact) mass is 342 g/mol. The van der Waals surface area contributed by atoms with Crippen LogP contribution in [0.25, 0.3) is 0 Å². The fourth-order valence-electron chi connectivity index (χ4n) is 2.07. The quantitative estimate of drug-likeness (QED) is 0.790. The van der Waals surface area contributed by atoms with Crippen LogP contribution in [-0.4, -0.2) is 17.4 Å². The summed E-state index contributed by atoms with van der Waals surface area (Å²) in [7, 11) is 0. The molecule has 0 saturated heterocycles. The molecule has 2 rings (SSSR count). The maximum Gasteiger partial charge on any atom is 0.256 e. The minimum Gasteiger partial charge on any atom is -0.321 e. The first-order valence-corrected chi connectivity index (χ1v) is 7.38. The fraction of sp³-hybridized carbons (Fsp3) is 0.176. The number of carbonyl (C=O) groups is 1. The number of halogens is 1. The van der Waals surface area contributed by atoms with Crippen LogP contribution in [0.15, 0.2) is 53.0 Å². The fourth-order valence-corrected chi connectivity index (χ4v) is 2.51. The predicted molar refractivity (Wildman–Crippen MR) is 85.7 cm³/mol. The van der Waals surface area contributed by atoms with Crippen molar-refractivity contribution < 1.29 is 4.79 Å². The summed E-state index contributed by atoms with van der Waals surface area (Å²) in [6.45, 7) is 2.43. The zero-order valence-corrected chi connectivity index (χ0v) is 13.3. The zero-order chi connectivity index (χ0) is 15.2. The molecule has 0 saturated carbocycles. The Morgan fingerprint density at radius 2 is 1.90 bits per heavy atom. The van der Waals surface area contributed by atoms with E-state index in [-0.39, 0.29) is 12.5 Å². The molecular formula is C17H15BrN2O. The molecule has 0 aliphatic heterocycles.